The SMILES string of the molecule is CN(C1CCCCCC1)C(CN)c1cc(Br)c(Br)o1. The highest BCUT2D eigenvalue weighted by Crippen LogP contribution is 2.33. The summed E-state index contributed by atoms with van der Waals surface area (Å²) in [6.07, 6.45) is 7.95. The van der Waals surface area contributed by atoms with Gasteiger partial charge in [-0.3, -0.25) is 4.90 Å². The number of furan rings is 1. The molecule has 1 unspecified atom stereocenters. The molecule has 1 heterocycles. The molecule has 1 fully saturated rings. The molecule has 2 rings (SSSR count). The molecule has 0 aromatic carbocycles. The summed E-state index contributed by atoms with van der Waals surface area (Å²) in [4.78, 5) is 2.41. The molecule has 3 nitrogen and oxygen atoms in total. The lowest BCUT2D eigenvalue weighted by Crippen LogP contribution is -2.38. The Bertz CT molecular complexity index is 381. The molecule has 1 aliphatic carbocycles. The quantitative estimate of drug-likeness (QED) is 0.767. The average Bonchev–Trinajstić information content (AvgIpc) is 2.62. The summed E-state index contributed by atoms with van der Waals surface area (Å²) in [6.45, 7) is 0.583. The molecule has 19 heavy (non-hydrogen) atoms. The van der Waals surface area contributed by atoms with Crippen LogP contribution in [0.3, 0.4) is 0 Å². The van der Waals surface area contributed by atoms with E-state index in [9.17, 15) is 0 Å². The fraction of sp³-hybridized carbons (Fsp3) is 0.714. The Hall–Kier alpha value is 0.160. The molecule has 1 aliphatic rings. The van der Waals surface area contributed by atoms with Gasteiger partial charge in [-0.1, -0.05) is 25.7 Å². The second-order valence-corrected chi connectivity index (χ2v) is 6.91. The van der Waals surface area contributed by atoms with Gasteiger partial charge in [-0.15, -0.1) is 0 Å². The van der Waals surface area contributed by atoms with E-state index in [1.165, 1.54) is 38.5 Å². The highest BCUT2D eigenvalue weighted by molar-refractivity contribution is 9.13. The maximum atomic E-state index is 5.98. The summed E-state index contributed by atoms with van der Waals surface area (Å²) in [5.74, 6) is 0.938. The third kappa shape index (κ3) is 3.84. The Kier molecular flexibility index (Phi) is 5.93. The van der Waals surface area contributed by atoms with Crippen molar-refractivity contribution in [2.75, 3.05) is 13.6 Å². The van der Waals surface area contributed by atoms with Crippen LogP contribution in [0, 0.1) is 0 Å². The third-order valence-electron chi connectivity index (χ3n) is 4.11. The van der Waals surface area contributed by atoms with Crippen molar-refractivity contribution in [1.29, 1.82) is 0 Å². The van der Waals surface area contributed by atoms with Crippen LogP contribution in [0.4, 0.5) is 0 Å². The first-order valence-electron chi connectivity index (χ1n) is 7.00. The van der Waals surface area contributed by atoms with Crippen molar-refractivity contribution in [3.8, 4) is 0 Å². The molecule has 0 saturated heterocycles. The number of likely N-dealkylation sites (N-methyl/N-ethyl adjacent to an activating group) is 1. The minimum absolute atomic E-state index is 0.158. The first-order valence-corrected chi connectivity index (χ1v) is 8.58. The van der Waals surface area contributed by atoms with Crippen LogP contribution < -0.4 is 5.73 Å². The van der Waals surface area contributed by atoms with E-state index in [0.29, 0.717) is 12.6 Å². The summed E-state index contributed by atoms with van der Waals surface area (Å²) in [5.41, 5.74) is 5.98. The Balaban J connectivity index is 2.11. The minimum atomic E-state index is 0.158. The summed E-state index contributed by atoms with van der Waals surface area (Å²) < 4.78 is 7.46. The molecular formula is C14H22Br2N2O. The van der Waals surface area contributed by atoms with Crippen LogP contribution in [0.1, 0.15) is 50.3 Å². The lowest BCUT2D eigenvalue weighted by Gasteiger charge is -2.33. The van der Waals surface area contributed by atoms with E-state index >= 15 is 0 Å². The molecule has 1 aromatic rings. The number of hydrogen-bond donors (Lipinski definition) is 1. The molecule has 1 atom stereocenters. The van der Waals surface area contributed by atoms with Crippen LogP contribution in [-0.4, -0.2) is 24.5 Å². The van der Waals surface area contributed by atoms with Gasteiger partial charge in [0.25, 0.3) is 0 Å². The van der Waals surface area contributed by atoms with Crippen molar-refractivity contribution in [1.82, 2.24) is 4.90 Å². The van der Waals surface area contributed by atoms with Gasteiger partial charge in [-0.25, -0.2) is 0 Å². The lowest BCUT2D eigenvalue weighted by molar-refractivity contribution is 0.143. The Morgan fingerprint density at radius 3 is 2.42 bits per heavy atom. The second-order valence-electron chi connectivity index (χ2n) is 5.33. The van der Waals surface area contributed by atoms with Gasteiger partial charge in [0.2, 0.25) is 0 Å². The van der Waals surface area contributed by atoms with Crippen molar-refractivity contribution in [3.63, 3.8) is 0 Å². The van der Waals surface area contributed by atoms with Crippen LogP contribution in [0.2, 0.25) is 0 Å². The minimum Gasteiger partial charge on any atom is -0.451 e. The van der Waals surface area contributed by atoms with Gasteiger partial charge in [-0.2, -0.15) is 0 Å². The van der Waals surface area contributed by atoms with Crippen LogP contribution in [0.25, 0.3) is 0 Å². The zero-order valence-electron chi connectivity index (χ0n) is 11.4. The molecule has 0 amide bonds. The standard InChI is InChI=1S/C14H22Br2N2O/c1-18(10-6-4-2-3-5-7-10)12(9-17)13-8-11(15)14(16)19-13/h8,10,12H,2-7,9,17H2,1H3. The Morgan fingerprint density at radius 1 is 1.32 bits per heavy atom. The van der Waals surface area contributed by atoms with E-state index in [1.807, 2.05) is 6.07 Å². The maximum absolute atomic E-state index is 5.98. The number of halogens is 2. The van der Waals surface area contributed by atoms with Crippen LogP contribution >= 0.6 is 31.9 Å². The summed E-state index contributed by atoms with van der Waals surface area (Å²) in [7, 11) is 2.18. The number of hydrogen-bond acceptors (Lipinski definition) is 3. The topological polar surface area (TPSA) is 42.4 Å². The van der Waals surface area contributed by atoms with Crippen LogP contribution in [0.15, 0.2) is 19.6 Å². The first kappa shape index (κ1) is 15.5. The van der Waals surface area contributed by atoms with Crippen LogP contribution in [0.5, 0.6) is 0 Å². The molecule has 1 saturated carbocycles. The second kappa shape index (κ2) is 7.25. The van der Waals surface area contributed by atoms with E-state index in [1.54, 1.807) is 0 Å². The largest absolute Gasteiger partial charge is 0.451 e. The van der Waals surface area contributed by atoms with Crippen molar-refractivity contribution < 1.29 is 4.42 Å². The predicted octanol–water partition coefficient (Wildman–Crippen LogP) is 4.46. The molecule has 0 radical (unpaired) electrons. The smallest absolute Gasteiger partial charge is 0.183 e. The highest BCUT2D eigenvalue weighted by atomic mass is 79.9. The zero-order valence-corrected chi connectivity index (χ0v) is 14.5. The van der Waals surface area contributed by atoms with E-state index < -0.39 is 0 Å². The molecule has 2 N–H and O–H groups in total. The van der Waals surface area contributed by atoms with Crippen molar-refractivity contribution in [2.24, 2.45) is 5.73 Å². The summed E-state index contributed by atoms with van der Waals surface area (Å²) >= 11 is 6.87. The van der Waals surface area contributed by atoms with E-state index in [0.717, 1.165) is 14.9 Å². The average molecular weight is 394 g/mol. The number of nitrogens with zero attached hydrogens (tertiary/aromatic N) is 1. The highest BCUT2D eigenvalue weighted by Gasteiger charge is 2.26. The van der Waals surface area contributed by atoms with Crippen molar-refractivity contribution >= 4 is 31.9 Å². The lowest BCUT2D eigenvalue weighted by atomic mass is 10.0. The van der Waals surface area contributed by atoms with Gasteiger partial charge >= 0.3 is 0 Å². The maximum Gasteiger partial charge on any atom is 0.183 e. The van der Waals surface area contributed by atoms with E-state index in [2.05, 4.69) is 43.8 Å². The van der Waals surface area contributed by atoms with Gasteiger partial charge in [0, 0.05) is 12.6 Å². The third-order valence-corrected chi connectivity index (χ3v) is 5.82. The number of rotatable bonds is 4. The van der Waals surface area contributed by atoms with Gasteiger partial charge < -0.3 is 10.2 Å². The van der Waals surface area contributed by atoms with Gasteiger partial charge in [0.1, 0.15) is 5.76 Å². The predicted molar refractivity (Wildman–Crippen MR) is 85.2 cm³/mol. The van der Waals surface area contributed by atoms with Gasteiger partial charge in [0.05, 0.1) is 10.5 Å². The van der Waals surface area contributed by atoms with E-state index in [-0.39, 0.29) is 6.04 Å². The molecular weight excluding hydrogens is 372 g/mol. The van der Waals surface area contributed by atoms with Crippen LogP contribution in [-0.2, 0) is 0 Å². The summed E-state index contributed by atoms with van der Waals surface area (Å²) in [5, 5.41) is 0. The summed E-state index contributed by atoms with van der Waals surface area (Å²) in [6, 6.07) is 2.80. The van der Waals surface area contributed by atoms with Gasteiger partial charge in [-0.05, 0) is 57.8 Å². The normalized spacial score (nSPS) is 19.6. The van der Waals surface area contributed by atoms with Gasteiger partial charge in [0.15, 0.2) is 4.67 Å². The first-order chi connectivity index (χ1) is 9.13. The fourth-order valence-corrected chi connectivity index (χ4v) is 3.54. The van der Waals surface area contributed by atoms with E-state index in [4.69, 9.17) is 10.2 Å². The molecule has 0 bridgehead atoms. The Labute approximate surface area is 132 Å². The molecule has 0 spiro atoms. The fourth-order valence-electron chi connectivity index (χ4n) is 2.93. The molecule has 0 aliphatic heterocycles. The number of nitrogens with two attached hydrogens (primary N) is 1. The Morgan fingerprint density at radius 2 is 1.95 bits per heavy atom. The molecule has 108 valence electrons. The molecule has 5 heteroatoms. The van der Waals surface area contributed by atoms with Crippen molar-refractivity contribution in [2.45, 2.75) is 50.6 Å². The molecule has 1 aromatic heterocycles. The zero-order chi connectivity index (χ0) is 13.8. The monoisotopic (exact) mass is 392 g/mol. The van der Waals surface area contributed by atoms with Crippen molar-refractivity contribution in [3.05, 3.63) is 21.0 Å².